The molecule has 0 radical (unpaired) electrons. The minimum atomic E-state index is -2.92. The number of anilines is 1. The fourth-order valence-corrected chi connectivity index (χ4v) is 3.43. The number of pyridine rings is 2. The Morgan fingerprint density at radius 2 is 1.87 bits per heavy atom. The van der Waals surface area contributed by atoms with Crippen molar-refractivity contribution in [1.29, 1.82) is 0 Å². The fraction of sp³-hybridized carbons (Fsp3) is 0.0870. The molecule has 0 aliphatic carbocycles. The maximum atomic E-state index is 13.2. The third-order valence-electron chi connectivity index (χ3n) is 4.68. The summed E-state index contributed by atoms with van der Waals surface area (Å²) in [5.41, 5.74) is 3.30. The van der Waals surface area contributed by atoms with Crippen molar-refractivity contribution in [3.05, 3.63) is 83.1 Å². The average Bonchev–Trinajstić information content (AvgIpc) is 2.75. The number of ether oxygens (including phenoxy) is 1. The van der Waals surface area contributed by atoms with Crippen molar-refractivity contribution in [3.63, 3.8) is 0 Å². The van der Waals surface area contributed by atoms with Crippen LogP contribution >= 0.6 is 11.6 Å². The SMILES string of the molecule is Cc1cc(OC(F)F)ccc1NC(=O)c1cc(-c2ccncc2)nc2c(Cl)cccc12. The van der Waals surface area contributed by atoms with Crippen molar-refractivity contribution in [2.45, 2.75) is 13.5 Å². The second-order valence-corrected chi connectivity index (χ2v) is 7.14. The summed E-state index contributed by atoms with van der Waals surface area (Å²) in [6.07, 6.45) is 3.28. The van der Waals surface area contributed by atoms with Gasteiger partial charge in [0.05, 0.1) is 21.8 Å². The number of benzene rings is 2. The molecule has 0 bridgehead atoms. The molecule has 5 nitrogen and oxygen atoms in total. The normalized spacial score (nSPS) is 11.0. The van der Waals surface area contributed by atoms with Crippen LogP contribution in [0.25, 0.3) is 22.2 Å². The summed E-state index contributed by atoms with van der Waals surface area (Å²) >= 11 is 6.36. The van der Waals surface area contributed by atoms with E-state index in [-0.39, 0.29) is 11.7 Å². The highest BCUT2D eigenvalue weighted by Crippen LogP contribution is 2.30. The second-order valence-electron chi connectivity index (χ2n) is 6.74. The quantitative estimate of drug-likeness (QED) is 0.407. The Kier molecular flexibility index (Phi) is 5.77. The first kappa shape index (κ1) is 20.7. The van der Waals surface area contributed by atoms with Gasteiger partial charge in [-0.2, -0.15) is 8.78 Å². The van der Waals surface area contributed by atoms with Gasteiger partial charge in [0, 0.05) is 29.0 Å². The molecule has 8 heteroatoms. The number of para-hydroxylation sites is 1. The monoisotopic (exact) mass is 439 g/mol. The van der Waals surface area contributed by atoms with Crippen molar-refractivity contribution < 1.29 is 18.3 Å². The van der Waals surface area contributed by atoms with Gasteiger partial charge in [-0.15, -0.1) is 0 Å². The van der Waals surface area contributed by atoms with Crippen LogP contribution in [0.15, 0.2) is 67.0 Å². The third-order valence-corrected chi connectivity index (χ3v) is 4.99. The van der Waals surface area contributed by atoms with E-state index in [2.05, 4.69) is 20.0 Å². The van der Waals surface area contributed by atoms with Crippen LogP contribution in [-0.2, 0) is 0 Å². The zero-order chi connectivity index (χ0) is 22.0. The van der Waals surface area contributed by atoms with Crippen molar-refractivity contribution in [2.24, 2.45) is 0 Å². The summed E-state index contributed by atoms with van der Waals surface area (Å²) in [5.74, 6) is -0.359. The minimum absolute atomic E-state index is 0.0200. The molecule has 1 amide bonds. The van der Waals surface area contributed by atoms with Crippen molar-refractivity contribution >= 4 is 34.1 Å². The molecule has 4 rings (SSSR count). The number of halogens is 3. The van der Waals surface area contributed by atoms with Crippen LogP contribution in [0.3, 0.4) is 0 Å². The van der Waals surface area contributed by atoms with Crippen LogP contribution in [0, 0.1) is 6.92 Å². The molecule has 0 fully saturated rings. The highest BCUT2D eigenvalue weighted by atomic mass is 35.5. The number of nitrogens with one attached hydrogen (secondary N) is 1. The molecule has 156 valence electrons. The van der Waals surface area contributed by atoms with E-state index >= 15 is 0 Å². The minimum Gasteiger partial charge on any atom is -0.435 e. The van der Waals surface area contributed by atoms with E-state index in [9.17, 15) is 13.6 Å². The Morgan fingerprint density at radius 3 is 2.58 bits per heavy atom. The Morgan fingerprint density at radius 1 is 1.10 bits per heavy atom. The Balaban J connectivity index is 1.75. The Bertz CT molecular complexity index is 1270. The van der Waals surface area contributed by atoms with Gasteiger partial charge in [0.15, 0.2) is 0 Å². The molecule has 0 aliphatic heterocycles. The number of amides is 1. The smallest absolute Gasteiger partial charge is 0.387 e. The number of aromatic nitrogens is 2. The van der Waals surface area contributed by atoms with Gasteiger partial charge in [-0.1, -0.05) is 23.7 Å². The lowest BCUT2D eigenvalue weighted by molar-refractivity contribution is -0.0498. The first-order valence-corrected chi connectivity index (χ1v) is 9.66. The van der Waals surface area contributed by atoms with Gasteiger partial charge in [-0.3, -0.25) is 9.78 Å². The molecule has 2 aromatic carbocycles. The highest BCUT2D eigenvalue weighted by Gasteiger charge is 2.17. The van der Waals surface area contributed by atoms with Crippen LogP contribution in [0.4, 0.5) is 14.5 Å². The van der Waals surface area contributed by atoms with E-state index in [1.54, 1.807) is 55.7 Å². The standard InChI is InChI=1S/C23H16ClF2N3O2/c1-13-11-15(31-23(25)26)5-6-19(13)29-22(30)17-12-20(14-7-9-27-10-8-14)28-21-16(17)3-2-4-18(21)24/h2-12,23H,1H3,(H,29,30). The molecular weight excluding hydrogens is 424 g/mol. The number of alkyl halides is 2. The van der Waals surface area contributed by atoms with Gasteiger partial charge in [0.1, 0.15) is 5.75 Å². The number of aryl methyl sites for hydroxylation is 1. The zero-order valence-corrected chi connectivity index (χ0v) is 17.0. The third kappa shape index (κ3) is 4.46. The van der Waals surface area contributed by atoms with Gasteiger partial charge in [-0.25, -0.2) is 4.98 Å². The molecule has 0 saturated heterocycles. The summed E-state index contributed by atoms with van der Waals surface area (Å²) in [5, 5.41) is 3.85. The molecule has 2 heterocycles. The van der Waals surface area contributed by atoms with E-state index in [1.807, 2.05) is 0 Å². The lowest BCUT2D eigenvalue weighted by Crippen LogP contribution is -2.14. The summed E-state index contributed by atoms with van der Waals surface area (Å²) in [7, 11) is 0. The summed E-state index contributed by atoms with van der Waals surface area (Å²) in [6, 6.07) is 14.8. The topological polar surface area (TPSA) is 64.1 Å². The number of nitrogens with zero attached hydrogens (tertiary/aromatic N) is 2. The highest BCUT2D eigenvalue weighted by molar-refractivity contribution is 6.35. The van der Waals surface area contributed by atoms with Gasteiger partial charge in [-0.05, 0) is 55.0 Å². The van der Waals surface area contributed by atoms with Gasteiger partial charge >= 0.3 is 6.61 Å². The molecule has 4 aromatic rings. The molecule has 0 saturated carbocycles. The number of fused-ring (bicyclic) bond motifs is 1. The van der Waals surface area contributed by atoms with Crippen molar-refractivity contribution in [1.82, 2.24) is 9.97 Å². The maximum Gasteiger partial charge on any atom is 0.387 e. The number of hydrogen-bond donors (Lipinski definition) is 1. The molecule has 0 aliphatic rings. The molecule has 31 heavy (non-hydrogen) atoms. The maximum absolute atomic E-state index is 13.2. The van der Waals surface area contributed by atoms with E-state index in [4.69, 9.17) is 11.6 Å². The van der Waals surface area contributed by atoms with Gasteiger partial charge in [0.2, 0.25) is 0 Å². The van der Waals surface area contributed by atoms with Crippen LogP contribution in [-0.4, -0.2) is 22.5 Å². The van der Waals surface area contributed by atoms with Gasteiger partial charge < -0.3 is 10.1 Å². The second kappa shape index (κ2) is 8.65. The number of carbonyl (C=O) groups excluding carboxylic acids is 1. The molecule has 0 atom stereocenters. The number of carbonyl (C=O) groups is 1. The predicted octanol–water partition coefficient (Wildman–Crippen LogP) is 6.11. The lowest BCUT2D eigenvalue weighted by Gasteiger charge is -2.13. The van der Waals surface area contributed by atoms with Crippen molar-refractivity contribution in [3.8, 4) is 17.0 Å². The summed E-state index contributed by atoms with van der Waals surface area (Å²) < 4.78 is 29.3. The van der Waals surface area contributed by atoms with E-state index in [0.29, 0.717) is 38.4 Å². The Labute approximate surface area is 181 Å². The van der Waals surface area contributed by atoms with Crippen molar-refractivity contribution in [2.75, 3.05) is 5.32 Å². The van der Waals surface area contributed by atoms with E-state index in [1.165, 1.54) is 18.2 Å². The fourth-order valence-electron chi connectivity index (χ4n) is 3.21. The van der Waals surface area contributed by atoms with E-state index < -0.39 is 6.61 Å². The first-order valence-electron chi connectivity index (χ1n) is 9.29. The number of rotatable bonds is 5. The van der Waals surface area contributed by atoms with Crippen LogP contribution in [0.5, 0.6) is 5.75 Å². The number of hydrogen-bond acceptors (Lipinski definition) is 4. The van der Waals surface area contributed by atoms with Gasteiger partial charge in [0.25, 0.3) is 5.91 Å². The summed E-state index contributed by atoms with van der Waals surface area (Å²) in [6.45, 7) is -1.22. The zero-order valence-electron chi connectivity index (χ0n) is 16.3. The molecule has 0 spiro atoms. The molecule has 2 aromatic heterocycles. The van der Waals surface area contributed by atoms with E-state index in [0.717, 1.165) is 5.56 Å². The lowest BCUT2D eigenvalue weighted by atomic mass is 10.0. The molecule has 0 unspecified atom stereocenters. The van der Waals surface area contributed by atoms with Crippen LogP contribution < -0.4 is 10.1 Å². The molecular formula is C23H16ClF2N3O2. The largest absolute Gasteiger partial charge is 0.435 e. The predicted molar refractivity (Wildman–Crippen MR) is 116 cm³/mol. The Hall–Kier alpha value is -3.58. The molecule has 1 N–H and O–H groups in total. The first-order chi connectivity index (χ1) is 14.9. The van der Waals surface area contributed by atoms with Crippen LogP contribution in [0.1, 0.15) is 15.9 Å². The average molecular weight is 440 g/mol. The summed E-state index contributed by atoms with van der Waals surface area (Å²) in [4.78, 5) is 21.8. The van der Waals surface area contributed by atoms with Crippen LogP contribution in [0.2, 0.25) is 5.02 Å².